The maximum Gasteiger partial charge on any atom is 0.0224 e. The van der Waals surface area contributed by atoms with Gasteiger partial charge >= 0.3 is 0 Å². The van der Waals surface area contributed by atoms with E-state index >= 15 is 0 Å². The number of piperidine rings is 1. The maximum atomic E-state index is 3.59. The highest BCUT2D eigenvalue weighted by atomic mass is 15.2. The minimum absolute atomic E-state index is 0.820. The van der Waals surface area contributed by atoms with Crippen molar-refractivity contribution in [2.24, 2.45) is 5.92 Å². The molecular weight excluding hydrogens is 208 g/mol. The number of hydrogen-bond acceptors (Lipinski definition) is 2. The van der Waals surface area contributed by atoms with E-state index in [1.165, 1.54) is 64.6 Å². The molecule has 2 aliphatic rings. The molecule has 1 aliphatic heterocycles. The quantitative estimate of drug-likeness (QED) is 0.792. The molecule has 2 heteroatoms. The lowest BCUT2D eigenvalue weighted by Crippen LogP contribution is -2.51. The van der Waals surface area contributed by atoms with E-state index < -0.39 is 0 Å². The van der Waals surface area contributed by atoms with Crippen LogP contribution in [0.4, 0.5) is 0 Å². The molecule has 0 aromatic carbocycles. The predicted octanol–water partition coefficient (Wildman–Crippen LogP) is 3.03. The Morgan fingerprint density at radius 2 is 2.00 bits per heavy atom. The minimum atomic E-state index is 0.820. The lowest BCUT2D eigenvalue weighted by atomic mass is 9.95. The molecule has 17 heavy (non-hydrogen) atoms. The van der Waals surface area contributed by atoms with E-state index in [0.29, 0.717) is 0 Å². The minimum Gasteiger partial charge on any atom is -0.315 e. The van der Waals surface area contributed by atoms with Gasteiger partial charge in [0, 0.05) is 18.6 Å². The fourth-order valence-electron chi connectivity index (χ4n) is 3.92. The Morgan fingerprint density at radius 3 is 2.65 bits per heavy atom. The average molecular weight is 238 g/mol. The van der Waals surface area contributed by atoms with Crippen molar-refractivity contribution in [1.29, 1.82) is 0 Å². The monoisotopic (exact) mass is 238 g/mol. The molecule has 1 aliphatic carbocycles. The molecular formula is C15H30N2. The van der Waals surface area contributed by atoms with Crippen molar-refractivity contribution in [3.8, 4) is 0 Å². The summed E-state index contributed by atoms with van der Waals surface area (Å²) in [6.07, 6.45) is 9.86. The van der Waals surface area contributed by atoms with Crippen LogP contribution in [0.5, 0.6) is 0 Å². The normalized spacial score (nSPS) is 34.4. The van der Waals surface area contributed by atoms with Gasteiger partial charge in [-0.15, -0.1) is 0 Å². The van der Waals surface area contributed by atoms with Crippen molar-refractivity contribution in [2.75, 3.05) is 19.6 Å². The van der Waals surface area contributed by atoms with Crippen LogP contribution < -0.4 is 5.32 Å². The Hall–Kier alpha value is -0.0800. The highest BCUT2D eigenvalue weighted by molar-refractivity contribution is 4.90. The molecule has 3 unspecified atom stereocenters. The molecule has 1 saturated heterocycles. The van der Waals surface area contributed by atoms with Gasteiger partial charge in [0.2, 0.25) is 0 Å². The van der Waals surface area contributed by atoms with Gasteiger partial charge in [0.05, 0.1) is 0 Å². The van der Waals surface area contributed by atoms with E-state index in [1.807, 2.05) is 0 Å². The Kier molecular flexibility index (Phi) is 5.30. The van der Waals surface area contributed by atoms with Gasteiger partial charge in [-0.25, -0.2) is 0 Å². The zero-order valence-corrected chi connectivity index (χ0v) is 11.8. The first-order chi connectivity index (χ1) is 8.36. The van der Waals surface area contributed by atoms with Crippen molar-refractivity contribution in [3.05, 3.63) is 0 Å². The SMILES string of the molecule is CCCN(C1CCCNC1)C1CCCC1CC. The molecule has 2 rings (SSSR count). The molecule has 2 nitrogen and oxygen atoms in total. The number of nitrogens with one attached hydrogen (secondary N) is 1. The van der Waals surface area contributed by atoms with Crippen LogP contribution in [-0.2, 0) is 0 Å². The Labute approximate surface area is 107 Å². The number of rotatable bonds is 5. The fraction of sp³-hybridized carbons (Fsp3) is 1.00. The molecule has 0 spiro atoms. The van der Waals surface area contributed by atoms with Crippen LogP contribution in [0.2, 0.25) is 0 Å². The van der Waals surface area contributed by atoms with Crippen LogP contribution in [0, 0.1) is 5.92 Å². The summed E-state index contributed by atoms with van der Waals surface area (Å²) in [5, 5.41) is 3.59. The zero-order valence-electron chi connectivity index (χ0n) is 11.8. The van der Waals surface area contributed by atoms with Crippen molar-refractivity contribution < 1.29 is 0 Å². The molecule has 0 aromatic heterocycles. The molecule has 2 fully saturated rings. The first-order valence-corrected chi connectivity index (χ1v) is 7.83. The fourth-order valence-corrected chi connectivity index (χ4v) is 3.92. The average Bonchev–Trinajstić information content (AvgIpc) is 2.85. The van der Waals surface area contributed by atoms with Crippen molar-refractivity contribution in [3.63, 3.8) is 0 Å². The summed E-state index contributed by atoms with van der Waals surface area (Å²) in [5.74, 6) is 0.975. The van der Waals surface area contributed by atoms with Crippen molar-refractivity contribution in [2.45, 2.75) is 70.9 Å². The summed E-state index contributed by atoms with van der Waals surface area (Å²) in [7, 11) is 0. The highest BCUT2D eigenvalue weighted by Gasteiger charge is 2.34. The van der Waals surface area contributed by atoms with E-state index in [-0.39, 0.29) is 0 Å². The second-order valence-corrected chi connectivity index (χ2v) is 5.90. The lowest BCUT2D eigenvalue weighted by molar-refractivity contribution is 0.0873. The summed E-state index contributed by atoms with van der Waals surface area (Å²) in [4.78, 5) is 2.87. The summed E-state index contributed by atoms with van der Waals surface area (Å²) in [5.41, 5.74) is 0. The number of nitrogens with zero attached hydrogens (tertiary/aromatic N) is 1. The highest BCUT2D eigenvalue weighted by Crippen LogP contribution is 2.34. The first kappa shape index (κ1) is 13.4. The Balaban J connectivity index is 1.99. The summed E-state index contributed by atoms with van der Waals surface area (Å²) in [6.45, 7) is 8.49. The molecule has 0 radical (unpaired) electrons. The molecule has 0 amide bonds. The van der Waals surface area contributed by atoms with Crippen LogP contribution in [0.3, 0.4) is 0 Å². The predicted molar refractivity (Wildman–Crippen MR) is 74.3 cm³/mol. The van der Waals surface area contributed by atoms with Gasteiger partial charge in [-0.3, -0.25) is 4.90 Å². The van der Waals surface area contributed by atoms with Gasteiger partial charge < -0.3 is 5.32 Å². The lowest BCUT2D eigenvalue weighted by Gasteiger charge is -2.41. The van der Waals surface area contributed by atoms with Crippen LogP contribution in [0.1, 0.15) is 58.8 Å². The summed E-state index contributed by atoms with van der Waals surface area (Å²) in [6, 6.07) is 1.71. The summed E-state index contributed by atoms with van der Waals surface area (Å²) < 4.78 is 0. The van der Waals surface area contributed by atoms with E-state index in [2.05, 4.69) is 24.1 Å². The van der Waals surface area contributed by atoms with Gasteiger partial charge in [0.15, 0.2) is 0 Å². The van der Waals surface area contributed by atoms with Crippen LogP contribution >= 0.6 is 0 Å². The van der Waals surface area contributed by atoms with E-state index in [1.54, 1.807) is 0 Å². The van der Waals surface area contributed by atoms with Gasteiger partial charge in [-0.05, 0) is 51.1 Å². The number of hydrogen-bond donors (Lipinski definition) is 1. The third-order valence-electron chi connectivity index (χ3n) is 4.79. The molecule has 0 bridgehead atoms. The van der Waals surface area contributed by atoms with E-state index in [0.717, 1.165) is 18.0 Å². The van der Waals surface area contributed by atoms with Crippen molar-refractivity contribution >= 4 is 0 Å². The molecule has 1 heterocycles. The van der Waals surface area contributed by atoms with E-state index in [9.17, 15) is 0 Å². The second kappa shape index (κ2) is 6.75. The standard InChI is InChI=1S/C15H30N2/c1-3-11-17(14-8-6-10-16-12-14)15-9-5-7-13(15)4-2/h13-16H,3-12H2,1-2H3. The van der Waals surface area contributed by atoms with E-state index in [4.69, 9.17) is 0 Å². The smallest absolute Gasteiger partial charge is 0.0224 e. The van der Waals surface area contributed by atoms with Gasteiger partial charge in [0.25, 0.3) is 0 Å². The Bertz CT molecular complexity index is 211. The molecule has 1 saturated carbocycles. The first-order valence-electron chi connectivity index (χ1n) is 7.83. The largest absolute Gasteiger partial charge is 0.315 e. The van der Waals surface area contributed by atoms with Gasteiger partial charge in [-0.1, -0.05) is 26.7 Å². The molecule has 0 aromatic rings. The second-order valence-electron chi connectivity index (χ2n) is 5.90. The van der Waals surface area contributed by atoms with Crippen LogP contribution in [0.15, 0.2) is 0 Å². The van der Waals surface area contributed by atoms with Gasteiger partial charge in [0.1, 0.15) is 0 Å². The Morgan fingerprint density at radius 1 is 1.12 bits per heavy atom. The topological polar surface area (TPSA) is 15.3 Å². The zero-order chi connectivity index (χ0) is 12.1. The van der Waals surface area contributed by atoms with Gasteiger partial charge in [-0.2, -0.15) is 0 Å². The van der Waals surface area contributed by atoms with Crippen LogP contribution in [0.25, 0.3) is 0 Å². The molecule has 3 atom stereocenters. The summed E-state index contributed by atoms with van der Waals surface area (Å²) >= 11 is 0. The maximum absolute atomic E-state index is 3.59. The van der Waals surface area contributed by atoms with Crippen LogP contribution in [-0.4, -0.2) is 36.6 Å². The third kappa shape index (κ3) is 3.23. The third-order valence-corrected chi connectivity index (χ3v) is 4.79. The van der Waals surface area contributed by atoms with Crippen molar-refractivity contribution in [1.82, 2.24) is 10.2 Å². The molecule has 100 valence electrons. The molecule has 1 N–H and O–H groups in total.